The zero-order valence-corrected chi connectivity index (χ0v) is 12.6. The molecule has 0 saturated carbocycles. The summed E-state index contributed by atoms with van der Waals surface area (Å²) in [6.07, 6.45) is 2.68. The normalized spacial score (nSPS) is 19.5. The van der Waals surface area contributed by atoms with Crippen LogP contribution in [0.5, 0.6) is 0 Å². The number of aliphatic imine (C=N–C) groups is 1. The van der Waals surface area contributed by atoms with E-state index in [2.05, 4.69) is 58.6 Å². The summed E-state index contributed by atoms with van der Waals surface area (Å²) in [5.74, 6) is 2.20. The number of guanidine groups is 1. The quantitative estimate of drug-likeness (QED) is 0.656. The van der Waals surface area contributed by atoms with E-state index in [1.54, 1.807) is 0 Å². The maximum atomic E-state index is 4.27. The fourth-order valence-corrected chi connectivity index (χ4v) is 3.33. The van der Waals surface area contributed by atoms with Crippen LogP contribution in [0.15, 0.2) is 29.3 Å². The fraction of sp³-hybridized carbons (Fsp3) is 0.533. The Kier molecular flexibility index (Phi) is 5.58. The maximum Gasteiger partial charge on any atom is 0.191 e. The van der Waals surface area contributed by atoms with Crippen molar-refractivity contribution in [3.8, 4) is 0 Å². The minimum atomic E-state index is 0.748. The fourth-order valence-electron chi connectivity index (χ4n) is 2.13. The van der Waals surface area contributed by atoms with Crippen LogP contribution in [-0.2, 0) is 6.54 Å². The van der Waals surface area contributed by atoms with Crippen LogP contribution in [0.25, 0.3) is 0 Å². The molecule has 1 aliphatic rings. The van der Waals surface area contributed by atoms with E-state index in [1.165, 1.54) is 29.7 Å². The summed E-state index contributed by atoms with van der Waals surface area (Å²) >= 11 is 2.07. The Morgan fingerprint density at radius 2 is 2.11 bits per heavy atom. The molecule has 0 radical (unpaired) electrons. The molecule has 0 amide bonds. The number of thioether (sulfide) groups is 1. The van der Waals surface area contributed by atoms with Crippen molar-refractivity contribution in [2.75, 3.05) is 19.3 Å². The summed E-state index contributed by atoms with van der Waals surface area (Å²) in [7, 11) is 1.83. The molecule has 19 heavy (non-hydrogen) atoms. The molecule has 1 atom stereocenters. The second-order valence-corrected chi connectivity index (χ2v) is 6.34. The number of nitrogens with one attached hydrogen (secondary N) is 2. The lowest BCUT2D eigenvalue weighted by Crippen LogP contribution is -2.39. The van der Waals surface area contributed by atoms with Crippen molar-refractivity contribution in [3.63, 3.8) is 0 Å². The van der Waals surface area contributed by atoms with E-state index in [1.807, 2.05) is 7.05 Å². The summed E-state index contributed by atoms with van der Waals surface area (Å²) in [5, 5.41) is 7.52. The molecule has 4 heteroatoms. The Labute approximate surface area is 120 Å². The number of benzene rings is 1. The van der Waals surface area contributed by atoms with Crippen molar-refractivity contribution >= 4 is 17.7 Å². The lowest BCUT2D eigenvalue weighted by Gasteiger charge is -2.14. The van der Waals surface area contributed by atoms with Crippen molar-refractivity contribution in [1.29, 1.82) is 0 Å². The first kappa shape index (κ1) is 14.3. The highest BCUT2D eigenvalue weighted by molar-refractivity contribution is 8.00. The zero-order chi connectivity index (χ0) is 13.5. The molecule has 1 fully saturated rings. The van der Waals surface area contributed by atoms with Crippen molar-refractivity contribution in [1.82, 2.24) is 10.6 Å². The second kappa shape index (κ2) is 7.43. The van der Waals surface area contributed by atoms with Crippen LogP contribution < -0.4 is 10.6 Å². The highest BCUT2D eigenvalue weighted by Crippen LogP contribution is 2.25. The lowest BCUT2D eigenvalue weighted by atomic mass is 10.1. The molecule has 104 valence electrons. The van der Waals surface area contributed by atoms with Crippen LogP contribution in [0.4, 0.5) is 0 Å². The Hall–Kier alpha value is -1.16. The van der Waals surface area contributed by atoms with Crippen LogP contribution in [0, 0.1) is 6.92 Å². The van der Waals surface area contributed by atoms with Crippen LogP contribution >= 0.6 is 11.8 Å². The molecule has 1 aromatic carbocycles. The van der Waals surface area contributed by atoms with Gasteiger partial charge in [0.1, 0.15) is 0 Å². The van der Waals surface area contributed by atoms with Gasteiger partial charge in [0.15, 0.2) is 5.96 Å². The second-order valence-electron chi connectivity index (χ2n) is 4.93. The monoisotopic (exact) mass is 277 g/mol. The van der Waals surface area contributed by atoms with Gasteiger partial charge in [-0.15, -0.1) is 0 Å². The summed E-state index contributed by atoms with van der Waals surface area (Å²) in [4.78, 5) is 4.27. The first-order valence-electron chi connectivity index (χ1n) is 6.89. The zero-order valence-electron chi connectivity index (χ0n) is 11.8. The van der Waals surface area contributed by atoms with E-state index in [0.29, 0.717) is 0 Å². The predicted octanol–water partition coefficient (Wildman–Crippen LogP) is 2.56. The van der Waals surface area contributed by atoms with Crippen LogP contribution in [0.1, 0.15) is 24.0 Å². The van der Waals surface area contributed by atoms with Gasteiger partial charge in [0.2, 0.25) is 0 Å². The van der Waals surface area contributed by atoms with Crippen molar-refractivity contribution in [2.45, 2.75) is 31.6 Å². The van der Waals surface area contributed by atoms with Crippen LogP contribution in [0.2, 0.25) is 0 Å². The van der Waals surface area contributed by atoms with Gasteiger partial charge in [-0.1, -0.05) is 29.8 Å². The van der Waals surface area contributed by atoms with E-state index in [9.17, 15) is 0 Å². The van der Waals surface area contributed by atoms with Gasteiger partial charge >= 0.3 is 0 Å². The minimum Gasteiger partial charge on any atom is -0.355 e. The minimum absolute atomic E-state index is 0.748. The van der Waals surface area contributed by atoms with Gasteiger partial charge < -0.3 is 10.6 Å². The van der Waals surface area contributed by atoms with Gasteiger partial charge in [-0.3, -0.25) is 4.99 Å². The third-order valence-electron chi connectivity index (χ3n) is 3.33. The van der Waals surface area contributed by atoms with Gasteiger partial charge in [0.25, 0.3) is 0 Å². The highest BCUT2D eigenvalue weighted by atomic mass is 32.2. The number of rotatable bonds is 4. The Morgan fingerprint density at radius 1 is 1.32 bits per heavy atom. The molecule has 3 nitrogen and oxygen atoms in total. The smallest absolute Gasteiger partial charge is 0.191 e. The molecule has 1 aromatic rings. The van der Waals surface area contributed by atoms with Crippen LogP contribution in [0.3, 0.4) is 0 Å². The topological polar surface area (TPSA) is 36.4 Å². The Morgan fingerprint density at radius 3 is 2.74 bits per heavy atom. The summed E-state index contributed by atoms with van der Waals surface area (Å²) in [5.41, 5.74) is 2.58. The molecular formula is C15H23N3S. The average Bonchev–Trinajstić information content (AvgIpc) is 2.94. The first-order chi connectivity index (χ1) is 9.28. The number of nitrogens with zero attached hydrogens (tertiary/aromatic N) is 1. The molecule has 1 heterocycles. The van der Waals surface area contributed by atoms with Crippen molar-refractivity contribution in [3.05, 3.63) is 35.4 Å². The van der Waals surface area contributed by atoms with Gasteiger partial charge in [-0.2, -0.15) is 11.8 Å². The Balaban J connectivity index is 1.74. The van der Waals surface area contributed by atoms with Gasteiger partial charge in [-0.05, 0) is 31.1 Å². The predicted molar refractivity (Wildman–Crippen MR) is 84.9 cm³/mol. The van der Waals surface area contributed by atoms with E-state index in [-0.39, 0.29) is 0 Å². The number of aryl methyl sites for hydroxylation is 1. The van der Waals surface area contributed by atoms with Crippen molar-refractivity contribution < 1.29 is 0 Å². The molecule has 0 spiro atoms. The SMILES string of the molecule is CN=C(NCc1ccc(C)cc1)NCC1CCCS1. The molecule has 0 bridgehead atoms. The average molecular weight is 277 g/mol. The molecule has 0 aliphatic carbocycles. The van der Waals surface area contributed by atoms with E-state index in [4.69, 9.17) is 0 Å². The van der Waals surface area contributed by atoms with Gasteiger partial charge in [0.05, 0.1) is 0 Å². The number of hydrogen-bond acceptors (Lipinski definition) is 2. The summed E-state index contributed by atoms with van der Waals surface area (Å²) in [6.45, 7) is 3.94. The molecule has 1 saturated heterocycles. The molecular weight excluding hydrogens is 254 g/mol. The lowest BCUT2D eigenvalue weighted by molar-refractivity contribution is 0.726. The largest absolute Gasteiger partial charge is 0.355 e. The molecule has 2 N–H and O–H groups in total. The van der Waals surface area contributed by atoms with E-state index < -0.39 is 0 Å². The molecule has 0 aromatic heterocycles. The van der Waals surface area contributed by atoms with Crippen LogP contribution in [-0.4, -0.2) is 30.6 Å². The highest BCUT2D eigenvalue weighted by Gasteiger charge is 2.15. The summed E-state index contributed by atoms with van der Waals surface area (Å²) < 4.78 is 0. The van der Waals surface area contributed by atoms with Crippen molar-refractivity contribution in [2.24, 2.45) is 4.99 Å². The maximum absolute atomic E-state index is 4.27. The summed E-state index contributed by atoms with van der Waals surface area (Å²) in [6, 6.07) is 8.59. The molecule has 2 rings (SSSR count). The van der Waals surface area contributed by atoms with E-state index in [0.717, 1.165) is 24.3 Å². The molecule has 1 unspecified atom stereocenters. The van der Waals surface area contributed by atoms with Gasteiger partial charge in [-0.25, -0.2) is 0 Å². The first-order valence-corrected chi connectivity index (χ1v) is 7.94. The third kappa shape index (κ3) is 4.78. The molecule has 1 aliphatic heterocycles. The van der Waals surface area contributed by atoms with E-state index >= 15 is 0 Å². The Bertz CT molecular complexity index is 408. The van der Waals surface area contributed by atoms with Gasteiger partial charge in [0, 0.05) is 25.4 Å². The standard InChI is InChI=1S/C15H23N3S/c1-12-5-7-13(8-6-12)10-17-15(16-2)18-11-14-4-3-9-19-14/h5-8,14H,3-4,9-11H2,1-2H3,(H2,16,17,18). The number of hydrogen-bond donors (Lipinski definition) is 2. The third-order valence-corrected chi connectivity index (χ3v) is 4.72.